The lowest BCUT2D eigenvalue weighted by atomic mass is 10.2. The summed E-state index contributed by atoms with van der Waals surface area (Å²) in [4.78, 5) is 0. The molecule has 10 rings (SSSR count). The maximum Gasteiger partial charge on any atom is 0.0541 e. The summed E-state index contributed by atoms with van der Waals surface area (Å²) in [6.45, 7) is 0. The zero-order valence-corrected chi connectivity index (χ0v) is 24.4. The van der Waals surface area contributed by atoms with Crippen LogP contribution in [0.1, 0.15) is 7.43 Å². The van der Waals surface area contributed by atoms with Crippen molar-refractivity contribution in [1.29, 1.82) is 0 Å². The van der Waals surface area contributed by atoms with Crippen LogP contribution in [0.25, 0.3) is 82.5 Å². The number of benzene rings is 7. The van der Waals surface area contributed by atoms with Crippen molar-refractivity contribution in [2.45, 2.75) is 7.43 Å². The molecule has 0 radical (unpaired) electrons. The second-order valence-electron chi connectivity index (χ2n) is 11.8. The fourth-order valence-corrected chi connectivity index (χ4v) is 7.57. The zero-order valence-electron chi connectivity index (χ0n) is 24.4. The third kappa shape index (κ3) is 3.60. The molecule has 10 aromatic rings. The van der Waals surface area contributed by atoms with Gasteiger partial charge in [0.1, 0.15) is 0 Å². The van der Waals surface area contributed by atoms with Crippen molar-refractivity contribution >= 4 is 65.4 Å². The Morgan fingerprint density at radius 3 is 0.609 bits per heavy atom. The molecule has 0 aliphatic rings. The van der Waals surface area contributed by atoms with E-state index in [1.54, 1.807) is 0 Å². The lowest BCUT2D eigenvalue weighted by Crippen LogP contribution is -2.03. The summed E-state index contributed by atoms with van der Waals surface area (Å²) < 4.78 is 7.29. The molecule has 0 saturated carbocycles. The van der Waals surface area contributed by atoms with Crippen molar-refractivity contribution in [2.24, 2.45) is 0 Å². The van der Waals surface area contributed by atoms with E-state index in [0.717, 1.165) is 17.1 Å². The number of hydrogen-bond acceptors (Lipinski definition) is 0. The number of fused-ring (bicyclic) bond motifs is 9. The lowest BCUT2D eigenvalue weighted by molar-refractivity contribution is 1.10. The molecule has 0 amide bonds. The Bertz CT molecular complexity index is 2290. The van der Waals surface area contributed by atoms with E-state index < -0.39 is 0 Å². The van der Waals surface area contributed by atoms with E-state index in [0.29, 0.717) is 0 Å². The van der Waals surface area contributed by atoms with Crippen molar-refractivity contribution in [2.75, 3.05) is 0 Å². The van der Waals surface area contributed by atoms with Gasteiger partial charge in [-0.1, -0.05) is 117 Å². The van der Waals surface area contributed by atoms with E-state index in [4.69, 9.17) is 0 Å². The molecule has 7 aromatic carbocycles. The van der Waals surface area contributed by atoms with E-state index >= 15 is 0 Å². The Hall–Kier alpha value is -6.06. The topological polar surface area (TPSA) is 14.8 Å². The Morgan fingerprint density at radius 2 is 0.413 bits per heavy atom. The number of rotatable bonds is 3. The molecule has 46 heavy (non-hydrogen) atoms. The number of aromatic nitrogens is 3. The van der Waals surface area contributed by atoms with Gasteiger partial charge in [0.25, 0.3) is 0 Å². The van der Waals surface area contributed by atoms with Crippen LogP contribution in [-0.4, -0.2) is 13.7 Å². The quantitative estimate of drug-likeness (QED) is 0.195. The van der Waals surface area contributed by atoms with E-state index in [2.05, 4.69) is 177 Å². The second kappa shape index (κ2) is 9.98. The first-order valence-corrected chi connectivity index (χ1v) is 15.5. The zero-order chi connectivity index (χ0) is 29.5. The first kappa shape index (κ1) is 26.4. The maximum atomic E-state index is 2.43. The first-order valence-electron chi connectivity index (χ1n) is 15.5. The monoisotopic (exact) mass is 589 g/mol. The molecular formula is C43H31N3. The van der Waals surface area contributed by atoms with Crippen LogP contribution < -0.4 is 0 Å². The van der Waals surface area contributed by atoms with Gasteiger partial charge in [0.15, 0.2) is 0 Å². The molecule has 3 heteroatoms. The van der Waals surface area contributed by atoms with Gasteiger partial charge in [-0.15, -0.1) is 0 Å². The number of nitrogens with zero attached hydrogens (tertiary/aromatic N) is 3. The fourth-order valence-electron chi connectivity index (χ4n) is 7.57. The summed E-state index contributed by atoms with van der Waals surface area (Å²) >= 11 is 0. The summed E-state index contributed by atoms with van der Waals surface area (Å²) in [6.07, 6.45) is 0. The van der Waals surface area contributed by atoms with Gasteiger partial charge < -0.3 is 13.7 Å². The van der Waals surface area contributed by atoms with Crippen molar-refractivity contribution in [1.82, 2.24) is 13.7 Å². The lowest BCUT2D eigenvalue weighted by Gasteiger charge is -2.17. The maximum absolute atomic E-state index is 2.43. The minimum atomic E-state index is 0. The van der Waals surface area contributed by atoms with Gasteiger partial charge in [0.2, 0.25) is 0 Å². The Labute approximate surface area is 266 Å². The van der Waals surface area contributed by atoms with Gasteiger partial charge in [-0.2, -0.15) is 0 Å². The van der Waals surface area contributed by atoms with Crippen molar-refractivity contribution in [3.63, 3.8) is 0 Å². The summed E-state index contributed by atoms with van der Waals surface area (Å²) in [7, 11) is 0. The normalized spacial score (nSPS) is 11.7. The van der Waals surface area contributed by atoms with Crippen LogP contribution in [-0.2, 0) is 0 Å². The van der Waals surface area contributed by atoms with E-state index in [-0.39, 0.29) is 7.43 Å². The molecule has 218 valence electrons. The molecular weight excluding hydrogens is 558 g/mol. The molecule has 0 unspecified atom stereocenters. The third-order valence-corrected chi connectivity index (χ3v) is 9.40. The Balaban J connectivity index is 0.00000292. The van der Waals surface area contributed by atoms with Crippen LogP contribution in [0.15, 0.2) is 164 Å². The molecule has 0 bridgehead atoms. The molecule has 3 heterocycles. The SMILES string of the molecule is C.c1ccc2c(c1)c1ccccc1n2-c1cc(-n2c3ccccc3c3ccccc32)cc(-n2c3ccccc3c3ccccc32)c1. The average molecular weight is 590 g/mol. The predicted octanol–water partition coefficient (Wildman–Crippen LogP) is 11.6. The second-order valence-corrected chi connectivity index (χ2v) is 11.8. The van der Waals surface area contributed by atoms with Gasteiger partial charge in [-0.25, -0.2) is 0 Å². The van der Waals surface area contributed by atoms with Gasteiger partial charge >= 0.3 is 0 Å². The minimum Gasteiger partial charge on any atom is -0.309 e. The van der Waals surface area contributed by atoms with Gasteiger partial charge in [0, 0.05) is 32.3 Å². The highest BCUT2D eigenvalue weighted by molar-refractivity contribution is 6.12. The Morgan fingerprint density at radius 1 is 0.239 bits per heavy atom. The highest BCUT2D eigenvalue weighted by Crippen LogP contribution is 2.38. The van der Waals surface area contributed by atoms with Crippen molar-refractivity contribution in [3.8, 4) is 17.1 Å². The highest BCUT2D eigenvalue weighted by Gasteiger charge is 2.19. The third-order valence-electron chi connectivity index (χ3n) is 9.40. The molecule has 0 N–H and O–H groups in total. The predicted molar refractivity (Wildman–Crippen MR) is 196 cm³/mol. The molecule has 0 fully saturated rings. The molecule has 3 nitrogen and oxygen atoms in total. The largest absolute Gasteiger partial charge is 0.309 e. The van der Waals surface area contributed by atoms with Crippen LogP contribution in [0.5, 0.6) is 0 Å². The van der Waals surface area contributed by atoms with Crippen LogP contribution in [0.3, 0.4) is 0 Å². The van der Waals surface area contributed by atoms with Crippen LogP contribution in [0.2, 0.25) is 0 Å². The summed E-state index contributed by atoms with van der Waals surface area (Å²) in [6, 6.07) is 59.6. The van der Waals surface area contributed by atoms with Gasteiger partial charge in [0.05, 0.1) is 50.2 Å². The summed E-state index contributed by atoms with van der Waals surface area (Å²) in [5, 5.41) is 7.55. The van der Waals surface area contributed by atoms with Gasteiger partial charge in [-0.3, -0.25) is 0 Å². The van der Waals surface area contributed by atoms with E-state index in [1.807, 2.05) is 0 Å². The van der Waals surface area contributed by atoms with E-state index in [1.165, 1.54) is 65.4 Å². The minimum absolute atomic E-state index is 0. The standard InChI is InChI=1S/C42H27N3.CH4/c1-7-19-37-31(13-1)32-14-2-8-20-38(32)43(37)28-25-29(44-39-21-9-3-15-33(39)34-16-4-10-22-40(34)44)27-30(26-28)45-41-23-11-5-17-35(41)36-18-6-12-24-42(36)45;/h1-27H;1H4. The molecule has 0 aliphatic carbocycles. The van der Waals surface area contributed by atoms with E-state index in [9.17, 15) is 0 Å². The van der Waals surface area contributed by atoms with Crippen LogP contribution >= 0.6 is 0 Å². The van der Waals surface area contributed by atoms with Crippen molar-refractivity contribution in [3.05, 3.63) is 164 Å². The molecule has 0 aliphatic heterocycles. The molecule has 0 saturated heterocycles. The molecule has 0 atom stereocenters. The first-order chi connectivity index (χ1) is 22.3. The smallest absolute Gasteiger partial charge is 0.0541 e. The fraction of sp³-hybridized carbons (Fsp3) is 0.0233. The number of hydrogen-bond donors (Lipinski definition) is 0. The summed E-state index contributed by atoms with van der Waals surface area (Å²) in [5.41, 5.74) is 10.6. The van der Waals surface area contributed by atoms with Crippen LogP contribution in [0, 0.1) is 0 Å². The summed E-state index contributed by atoms with van der Waals surface area (Å²) in [5.74, 6) is 0. The number of para-hydroxylation sites is 6. The van der Waals surface area contributed by atoms with Gasteiger partial charge in [-0.05, 0) is 54.6 Å². The highest BCUT2D eigenvalue weighted by atomic mass is 15.0. The Kier molecular flexibility index (Phi) is 5.72. The average Bonchev–Trinajstić information content (AvgIpc) is 3.74. The van der Waals surface area contributed by atoms with Crippen molar-refractivity contribution < 1.29 is 0 Å². The van der Waals surface area contributed by atoms with Crippen LogP contribution in [0.4, 0.5) is 0 Å². The molecule has 3 aromatic heterocycles. The molecule has 0 spiro atoms.